The van der Waals surface area contributed by atoms with Crippen molar-refractivity contribution in [1.82, 2.24) is 0 Å². The molecular formula is ClMoO3. The van der Waals surface area contributed by atoms with E-state index in [0.29, 0.717) is 0 Å². The Morgan fingerprint density at radius 3 is 1.20 bits per heavy atom. The molecule has 0 unspecified atom stereocenters. The topological polar surface area (TPSA) is 51.2 Å². The molecule has 0 rings (SSSR count). The Balaban J connectivity index is 4.87. The zero-order valence-electron chi connectivity index (χ0n) is 2.01. The predicted molar refractivity (Wildman–Crippen MR) is 7.91 cm³/mol. The van der Waals surface area contributed by atoms with Crippen LogP contribution in [0.2, 0.25) is 0 Å². The number of rotatable bonds is 0. The molecule has 0 aliphatic heterocycles. The molecular weight excluding hydrogens is 179 g/mol. The van der Waals surface area contributed by atoms with Crippen molar-refractivity contribution >= 4 is 9.42 Å². The van der Waals surface area contributed by atoms with Crippen LogP contribution in [0.5, 0.6) is 0 Å². The molecule has 0 saturated heterocycles. The van der Waals surface area contributed by atoms with Crippen LogP contribution in [-0.4, -0.2) is 0 Å². The van der Waals surface area contributed by atoms with Crippen LogP contribution in [0.15, 0.2) is 0 Å². The first kappa shape index (κ1) is 5.38. The second-order valence-electron chi connectivity index (χ2n) is 0.393. The van der Waals surface area contributed by atoms with Gasteiger partial charge in [0.2, 0.25) is 0 Å². The van der Waals surface area contributed by atoms with Gasteiger partial charge in [0, 0.05) is 0 Å². The van der Waals surface area contributed by atoms with Crippen LogP contribution in [0.4, 0.5) is 0 Å². The van der Waals surface area contributed by atoms with Crippen molar-refractivity contribution in [2.24, 2.45) is 0 Å². The van der Waals surface area contributed by atoms with Crippen molar-refractivity contribution in [2.45, 2.75) is 0 Å². The average Bonchev–Trinajstić information content (AvgIpc) is 0.722. The molecule has 5 heteroatoms. The van der Waals surface area contributed by atoms with Crippen molar-refractivity contribution < 1.29 is 25.1 Å². The average molecular weight is 179 g/mol. The summed E-state index contributed by atoms with van der Waals surface area (Å²) in [5, 5.41) is 0. The Morgan fingerprint density at radius 1 is 1.20 bits per heavy atom. The molecule has 0 radical (unpaired) electrons. The van der Waals surface area contributed by atoms with E-state index in [1.165, 1.54) is 0 Å². The summed E-state index contributed by atoms with van der Waals surface area (Å²) in [5.41, 5.74) is 0. The molecule has 0 aliphatic rings. The molecule has 0 fully saturated rings. The summed E-state index contributed by atoms with van der Waals surface area (Å²) in [7, 11) is 4.05. The zero-order valence-corrected chi connectivity index (χ0v) is 4.77. The van der Waals surface area contributed by atoms with Gasteiger partial charge in [0.25, 0.3) is 0 Å². The van der Waals surface area contributed by atoms with Crippen molar-refractivity contribution in [3.8, 4) is 0 Å². The number of hydrogen-bond acceptors (Lipinski definition) is 3. The molecule has 0 aliphatic carbocycles. The van der Waals surface area contributed by atoms with Gasteiger partial charge in [0.15, 0.2) is 0 Å². The van der Waals surface area contributed by atoms with E-state index in [4.69, 9.17) is 10.2 Å². The van der Waals surface area contributed by atoms with Gasteiger partial charge in [-0.05, 0) is 0 Å². The van der Waals surface area contributed by atoms with E-state index in [-0.39, 0.29) is 0 Å². The van der Waals surface area contributed by atoms with E-state index in [1.807, 2.05) is 0 Å². The molecule has 5 heavy (non-hydrogen) atoms. The van der Waals surface area contributed by atoms with Crippen LogP contribution >= 0.6 is 9.42 Å². The van der Waals surface area contributed by atoms with Gasteiger partial charge >= 0.3 is 34.5 Å². The summed E-state index contributed by atoms with van der Waals surface area (Å²) in [6.07, 6.45) is 0. The van der Waals surface area contributed by atoms with Gasteiger partial charge in [0.05, 0.1) is 0 Å². The van der Waals surface area contributed by atoms with Crippen LogP contribution in [0, 0.1) is 0 Å². The Bertz CT molecular complexity index is 128. The third-order valence-electron chi connectivity index (χ3n) is 0. The van der Waals surface area contributed by atoms with Crippen molar-refractivity contribution in [2.75, 3.05) is 0 Å². The number of hydrogen-bond donors (Lipinski definition) is 0. The summed E-state index contributed by atoms with van der Waals surface area (Å²) in [5.74, 6) is 0. The molecule has 0 atom stereocenters. The predicted octanol–water partition coefficient (Wildman–Crippen LogP) is 0.331. The summed E-state index contributed by atoms with van der Waals surface area (Å²) in [6, 6.07) is 0. The molecule has 0 aromatic heterocycles. The Hall–Kier alpha value is 0.378. The van der Waals surface area contributed by atoms with E-state index in [9.17, 15) is 0 Å². The third-order valence-corrected chi connectivity index (χ3v) is 0. The van der Waals surface area contributed by atoms with E-state index < -0.39 is 14.9 Å². The fraction of sp³-hybridized carbons (Fsp3) is 0. The van der Waals surface area contributed by atoms with Gasteiger partial charge in [-0.25, -0.2) is 0 Å². The molecule has 0 spiro atoms. The Morgan fingerprint density at radius 2 is 1.20 bits per heavy atom. The van der Waals surface area contributed by atoms with Crippen molar-refractivity contribution in [3.05, 3.63) is 0 Å². The summed E-state index contributed by atoms with van der Waals surface area (Å²) >= 11 is -5.30. The van der Waals surface area contributed by atoms with Crippen LogP contribution in [0.1, 0.15) is 0 Å². The molecule has 0 N–H and O–H groups in total. The summed E-state index contributed by atoms with van der Waals surface area (Å²) in [4.78, 5) is 0. The normalized spacial score (nSPS) is 11.4. The first-order chi connectivity index (χ1) is 2.00. The standard InChI is InChI=1S/ClH.Mo.3O/h1H;;;;/q;+1;;;/p-1. The van der Waals surface area contributed by atoms with Gasteiger partial charge in [0.1, 0.15) is 0 Å². The molecule has 0 aromatic carbocycles. The van der Waals surface area contributed by atoms with Crippen LogP contribution in [0.3, 0.4) is 0 Å². The Labute approximate surface area is 35.0 Å². The van der Waals surface area contributed by atoms with Gasteiger partial charge in [-0.1, -0.05) is 0 Å². The third kappa shape index (κ3) is 173. The fourth-order valence-electron chi connectivity index (χ4n) is 0. The second kappa shape index (κ2) is 1.23. The first-order valence-electron chi connectivity index (χ1n) is 0.654. The van der Waals surface area contributed by atoms with Crippen LogP contribution in [-0.2, 0) is 25.1 Å². The summed E-state index contributed by atoms with van der Waals surface area (Å²) < 4.78 is 26.8. The molecule has 0 heterocycles. The monoisotopic (exact) mass is 181 g/mol. The van der Waals surface area contributed by atoms with E-state index in [1.54, 1.807) is 0 Å². The maximum absolute atomic E-state index is 8.95. The SMILES string of the molecule is [O]=[Mo](=[O])(=[O])[Cl]. The fourth-order valence-corrected chi connectivity index (χ4v) is 0. The summed E-state index contributed by atoms with van der Waals surface area (Å²) in [6.45, 7) is 0. The molecule has 0 amide bonds. The van der Waals surface area contributed by atoms with Crippen LogP contribution in [0.25, 0.3) is 0 Å². The zero-order chi connectivity index (χ0) is 4.50. The second-order valence-corrected chi connectivity index (χ2v) is 4.56. The minimum atomic E-state index is -5.30. The van der Waals surface area contributed by atoms with Gasteiger partial charge in [-0.2, -0.15) is 0 Å². The van der Waals surface area contributed by atoms with Gasteiger partial charge < -0.3 is 0 Å². The molecule has 31 valence electrons. The van der Waals surface area contributed by atoms with Gasteiger partial charge in [-0.15, -0.1) is 0 Å². The Kier molecular flexibility index (Phi) is 1.32. The molecule has 0 saturated carbocycles. The van der Waals surface area contributed by atoms with E-state index in [2.05, 4.69) is 9.42 Å². The minimum absolute atomic E-state index is 4.05. The van der Waals surface area contributed by atoms with Gasteiger partial charge in [-0.3, -0.25) is 0 Å². The van der Waals surface area contributed by atoms with E-state index >= 15 is 0 Å². The van der Waals surface area contributed by atoms with Crippen molar-refractivity contribution in [3.63, 3.8) is 0 Å². The maximum atomic E-state index is 8.95. The van der Waals surface area contributed by atoms with E-state index in [0.717, 1.165) is 0 Å². The quantitative estimate of drug-likeness (QED) is 0.504. The molecule has 0 aromatic rings. The number of halogens is 1. The molecule has 0 bridgehead atoms. The first-order valence-corrected chi connectivity index (χ1v) is 5.70. The van der Waals surface area contributed by atoms with Crippen LogP contribution < -0.4 is 0 Å². The molecule has 3 nitrogen and oxygen atoms in total. The van der Waals surface area contributed by atoms with Crippen molar-refractivity contribution in [1.29, 1.82) is 0 Å².